The van der Waals surface area contributed by atoms with Crippen LogP contribution in [0.4, 0.5) is 5.69 Å². The van der Waals surface area contributed by atoms with Crippen LogP contribution in [0.3, 0.4) is 0 Å². The zero-order valence-corrected chi connectivity index (χ0v) is 16.0. The number of sulfonamides is 1. The van der Waals surface area contributed by atoms with Crippen LogP contribution in [0.1, 0.15) is 0 Å². The highest BCUT2D eigenvalue weighted by Crippen LogP contribution is 2.38. The molecule has 0 saturated heterocycles. The molecular weight excluding hydrogens is 385 g/mol. The average Bonchev–Trinajstić information content (AvgIpc) is 2.61. The highest BCUT2D eigenvalue weighted by atomic mass is 35.5. The van der Waals surface area contributed by atoms with Gasteiger partial charge in [0.15, 0.2) is 0 Å². The van der Waals surface area contributed by atoms with E-state index in [-0.39, 0.29) is 14.9 Å². The number of hydrogen-bond acceptors (Lipinski definition) is 4. The van der Waals surface area contributed by atoms with Crippen molar-refractivity contribution in [1.29, 1.82) is 0 Å². The molecule has 2 aromatic rings. The maximum atomic E-state index is 12.9. The fraction of sp³-hybridized carbons (Fsp3) is 0.176. The van der Waals surface area contributed by atoms with Crippen LogP contribution in [0.25, 0.3) is 0 Å². The summed E-state index contributed by atoms with van der Waals surface area (Å²) in [7, 11) is -1.04. The summed E-state index contributed by atoms with van der Waals surface area (Å²) in [5.41, 5.74) is 0.453. The van der Waals surface area contributed by atoms with Crippen molar-refractivity contribution in [3.05, 3.63) is 59.1 Å². The molecule has 0 amide bonds. The molecule has 25 heavy (non-hydrogen) atoms. The van der Waals surface area contributed by atoms with Crippen molar-refractivity contribution < 1.29 is 17.9 Å². The smallest absolute Gasteiger partial charge is 0.265 e. The quantitative estimate of drug-likeness (QED) is 0.645. The highest BCUT2D eigenvalue weighted by molar-refractivity contribution is 7.93. The molecule has 0 radical (unpaired) electrons. The molecule has 0 aliphatic carbocycles. The van der Waals surface area contributed by atoms with Crippen molar-refractivity contribution in [3.63, 3.8) is 0 Å². The van der Waals surface area contributed by atoms with Crippen LogP contribution in [0, 0.1) is 0 Å². The summed E-state index contributed by atoms with van der Waals surface area (Å²) < 4.78 is 37.3. The molecule has 0 aliphatic heterocycles. The minimum atomic E-state index is -3.90. The molecule has 2 aromatic carbocycles. The van der Waals surface area contributed by atoms with Crippen LogP contribution in [0.15, 0.2) is 53.9 Å². The number of nitrogens with zero attached hydrogens (tertiary/aromatic N) is 1. The zero-order chi connectivity index (χ0) is 18.6. The number of benzene rings is 2. The van der Waals surface area contributed by atoms with Gasteiger partial charge >= 0.3 is 0 Å². The van der Waals surface area contributed by atoms with Gasteiger partial charge in [0.2, 0.25) is 0 Å². The Hall–Kier alpha value is -1.89. The SMILES string of the molecule is C=CCOc1ccc(N(C)S(=O)(=O)c2ccc(OC)c(Cl)c2Cl)cc1. The van der Waals surface area contributed by atoms with Crippen LogP contribution in [-0.4, -0.2) is 29.2 Å². The van der Waals surface area contributed by atoms with E-state index in [1.54, 1.807) is 30.3 Å². The molecule has 0 aliphatic rings. The molecule has 0 N–H and O–H groups in total. The van der Waals surface area contributed by atoms with Crippen LogP contribution in [-0.2, 0) is 10.0 Å². The van der Waals surface area contributed by atoms with E-state index in [0.29, 0.717) is 23.8 Å². The zero-order valence-electron chi connectivity index (χ0n) is 13.7. The van der Waals surface area contributed by atoms with E-state index in [9.17, 15) is 8.42 Å². The van der Waals surface area contributed by atoms with Crippen LogP contribution in [0.5, 0.6) is 11.5 Å². The first-order valence-corrected chi connectivity index (χ1v) is 9.37. The largest absolute Gasteiger partial charge is 0.495 e. The third kappa shape index (κ3) is 4.03. The normalized spacial score (nSPS) is 11.0. The molecule has 134 valence electrons. The Morgan fingerprint density at radius 3 is 2.32 bits per heavy atom. The lowest BCUT2D eigenvalue weighted by Gasteiger charge is -2.21. The van der Waals surface area contributed by atoms with Gasteiger partial charge in [-0.15, -0.1) is 0 Å². The van der Waals surface area contributed by atoms with Gasteiger partial charge in [-0.2, -0.15) is 0 Å². The standard InChI is InChI=1S/C17H17Cl2NO4S/c1-4-11-24-13-7-5-12(6-8-13)20(2)25(21,22)15-10-9-14(23-3)16(18)17(15)19/h4-10H,1,11H2,2-3H3. The second-order valence-electron chi connectivity index (χ2n) is 4.96. The van der Waals surface area contributed by atoms with Crippen LogP contribution >= 0.6 is 23.2 Å². The maximum Gasteiger partial charge on any atom is 0.265 e. The number of methoxy groups -OCH3 is 1. The van der Waals surface area contributed by atoms with Gasteiger partial charge in [-0.25, -0.2) is 8.42 Å². The van der Waals surface area contributed by atoms with Crippen LogP contribution < -0.4 is 13.8 Å². The van der Waals surface area contributed by atoms with E-state index in [1.165, 1.54) is 26.3 Å². The summed E-state index contributed by atoms with van der Waals surface area (Å²) in [5, 5.41) is -0.0365. The monoisotopic (exact) mass is 401 g/mol. The molecule has 8 heteroatoms. The Morgan fingerprint density at radius 2 is 1.76 bits per heavy atom. The number of halogens is 2. The van der Waals surface area contributed by atoms with E-state index in [2.05, 4.69) is 6.58 Å². The Bertz CT molecular complexity index is 867. The minimum absolute atomic E-state index is 0.0480. The molecule has 0 saturated carbocycles. The summed E-state index contributed by atoms with van der Waals surface area (Å²) in [6.45, 7) is 3.94. The van der Waals surface area contributed by atoms with Gasteiger partial charge in [-0.3, -0.25) is 4.31 Å². The molecule has 0 bridgehead atoms. The first kappa shape index (κ1) is 19.4. The lowest BCUT2D eigenvalue weighted by Crippen LogP contribution is -2.26. The molecule has 0 aromatic heterocycles. The van der Waals surface area contributed by atoms with Crippen molar-refractivity contribution in [2.75, 3.05) is 25.1 Å². The summed E-state index contributed by atoms with van der Waals surface area (Å²) >= 11 is 12.2. The number of rotatable bonds is 7. The summed E-state index contributed by atoms with van der Waals surface area (Å²) in [4.78, 5) is -0.102. The third-order valence-corrected chi connectivity index (χ3v) is 6.24. The van der Waals surface area contributed by atoms with Gasteiger partial charge in [0.25, 0.3) is 10.0 Å². The first-order chi connectivity index (χ1) is 11.8. The fourth-order valence-corrected chi connectivity index (χ4v) is 4.07. The number of hydrogen-bond donors (Lipinski definition) is 0. The molecule has 0 spiro atoms. The summed E-state index contributed by atoms with van der Waals surface area (Å²) in [6.07, 6.45) is 1.62. The highest BCUT2D eigenvalue weighted by Gasteiger charge is 2.26. The lowest BCUT2D eigenvalue weighted by molar-refractivity contribution is 0.363. The molecule has 0 heterocycles. The predicted octanol–water partition coefficient (Wildman–Crippen LogP) is 4.39. The maximum absolute atomic E-state index is 12.9. The summed E-state index contributed by atoms with van der Waals surface area (Å²) in [5.74, 6) is 0.914. The number of anilines is 1. The third-order valence-electron chi connectivity index (χ3n) is 3.44. The Labute approximate surface area is 157 Å². The van der Waals surface area contributed by atoms with E-state index >= 15 is 0 Å². The van der Waals surface area contributed by atoms with E-state index in [4.69, 9.17) is 32.7 Å². The van der Waals surface area contributed by atoms with Gasteiger partial charge < -0.3 is 9.47 Å². The second kappa shape index (κ2) is 7.99. The average molecular weight is 402 g/mol. The Balaban J connectivity index is 2.36. The van der Waals surface area contributed by atoms with Crippen molar-refractivity contribution in [2.24, 2.45) is 0 Å². The predicted molar refractivity (Wildman–Crippen MR) is 101 cm³/mol. The van der Waals surface area contributed by atoms with Crippen molar-refractivity contribution >= 4 is 38.9 Å². The van der Waals surface area contributed by atoms with Gasteiger partial charge in [0.05, 0.1) is 17.8 Å². The van der Waals surface area contributed by atoms with Gasteiger partial charge in [-0.05, 0) is 36.4 Å². The summed E-state index contributed by atoms with van der Waals surface area (Å²) in [6, 6.07) is 9.44. The molecule has 0 fully saturated rings. The van der Waals surface area contributed by atoms with Gasteiger partial charge in [0, 0.05) is 7.05 Å². The van der Waals surface area contributed by atoms with E-state index in [0.717, 1.165) is 4.31 Å². The molecular formula is C17H17Cl2NO4S. The topological polar surface area (TPSA) is 55.8 Å². The van der Waals surface area contributed by atoms with Gasteiger partial charge in [-0.1, -0.05) is 35.9 Å². The van der Waals surface area contributed by atoms with Crippen LogP contribution in [0.2, 0.25) is 10.0 Å². The van der Waals surface area contributed by atoms with Crippen molar-refractivity contribution in [2.45, 2.75) is 4.90 Å². The molecule has 0 atom stereocenters. The Morgan fingerprint density at radius 1 is 1.12 bits per heavy atom. The lowest BCUT2D eigenvalue weighted by atomic mass is 10.3. The Kier molecular flexibility index (Phi) is 6.21. The second-order valence-corrected chi connectivity index (χ2v) is 7.65. The van der Waals surface area contributed by atoms with E-state index in [1.807, 2.05) is 0 Å². The van der Waals surface area contributed by atoms with E-state index < -0.39 is 10.0 Å². The first-order valence-electron chi connectivity index (χ1n) is 7.17. The molecule has 0 unspecified atom stereocenters. The number of ether oxygens (including phenoxy) is 2. The van der Waals surface area contributed by atoms with Crippen molar-refractivity contribution in [1.82, 2.24) is 0 Å². The van der Waals surface area contributed by atoms with Gasteiger partial charge in [0.1, 0.15) is 28.0 Å². The molecule has 5 nitrogen and oxygen atoms in total. The molecule has 2 rings (SSSR count). The fourth-order valence-electron chi connectivity index (χ4n) is 2.06. The van der Waals surface area contributed by atoms with Crippen molar-refractivity contribution in [3.8, 4) is 11.5 Å². The minimum Gasteiger partial charge on any atom is -0.495 e.